The lowest BCUT2D eigenvalue weighted by molar-refractivity contribution is 0.0179. The molecule has 0 spiro atoms. The first-order valence-electron chi connectivity index (χ1n) is 8.42. The second-order valence-corrected chi connectivity index (χ2v) is 6.02. The van der Waals surface area contributed by atoms with Gasteiger partial charge in [0, 0.05) is 6.54 Å². The molecular weight excluding hydrogens is 350 g/mol. The summed E-state index contributed by atoms with van der Waals surface area (Å²) in [6.07, 6.45) is -3.27. The van der Waals surface area contributed by atoms with Crippen LogP contribution in [0, 0.1) is 6.92 Å². The van der Waals surface area contributed by atoms with Crippen molar-refractivity contribution in [3.05, 3.63) is 70.8 Å². The summed E-state index contributed by atoms with van der Waals surface area (Å²) in [6.45, 7) is 1.64. The lowest BCUT2D eigenvalue weighted by atomic mass is 9.97. The van der Waals surface area contributed by atoms with Crippen molar-refractivity contribution >= 4 is 12.1 Å². The van der Waals surface area contributed by atoms with Crippen LogP contribution >= 0.6 is 0 Å². The second-order valence-electron chi connectivity index (χ2n) is 6.02. The molecule has 7 heteroatoms. The van der Waals surface area contributed by atoms with Crippen LogP contribution in [0.2, 0.25) is 0 Å². The van der Waals surface area contributed by atoms with Crippen molar-refractivity contribution in [2.45, 2.75) is 25.7 Å². The Labute approximate surface area is 157 Å². The van der Waals surface area contributed by atoms with Crippen LogP contribution in [-0.4, -0.2) is 42.0 Å². The van der Waals surface area contributed by atoms with Crippen molar-refractivity contribution in [2.75, 3.05) is 13.7 Å². The van der Waals surface area contributed by atoms with Crippen molar-refractivity contribution in [2.24, 2.45) is 0 Å². The fourth-order valence-corrected chi connectivity index (χ4v) is 2.48. The number of methoxy groups -OCH3 is 1. The monoisotopic (exact) mass is 373 g/mol. The molecule has 3 N–H and O–H groups in total. The summed E-state index contributed by atoms with van der Waals surface area (Å²) in [4.78, 5) is 23.4. The molecule has 1 amide bonds. The van der Waals surface area contributed by atoms with Crippen LogP contribution in [0.5, 0.6) is 0 Å². The van der Waals surface area contributed by atoms with E-state index < -0.39 is 24.3 Å². The standard InChI is InChI=1S/C20H23NO6/c1-13-8-9-15(19(24)26-2)10-16(13)18(23)17(22)11-21-20(25)27-12-14-6-4-3-5-7-14/h3-10,17-18,22-23H,11-12H2,1-2H3,(H,21,25). The third-order valence-corrected chi connectivity index (χ3v) is 4.05. The number of carbonyl (C=O) groups is 2. The highest BCUT2D eigenvalue weighted by molar-refractivity contribution is 5.89. The first-order valence-corrected chi connectivity index (χ1v) is 8.42. The number of rotatable bonds is 7. The SMILES string of the molecule is COC(=O)c1ccc(C)c(C(O)C(O)CNC(=O)OCc2ccccc2)c1. The summed E-state index contributed by atoms with van der Waals surface area (Å²) < 4.78 is 9.71. The van der Waals surface area contributed by atoms with E-state index >= 15 is 0 Å². The number of alkyl carbamates (subject to hydrolysis) is 1. The van der Waals surface area contributed by atoms with Gasteiger partial charge in [0.15, 0.2) is 0 Å². The summed E-state index contributed by atoms with van der Waals surface area (Å²) in [5.41, 5.74) is 2.17. The third-order valence-electron chi connectivity index (χ3n) is 4.05. The van der Waals surface area contributed by atoms with Crippen LogP contribution < -0.4 is 5.32 Å². The normalized spacial score (nSPS) is 12.7. The van der Waals surface area contributed by atoms with Crippen LogP contribution in [0.4, 0.5) is 4.79 Å². The molecular formula is C20H23NO6. The number of esters is 1. The van der Waals surface area contributed by atoms with E-state index in [0.717, 1.165) is 5.56 Å². The minimum absolute atomic E-state index is 0.103. The minimum atomic E-state index is -1.29. The van der Waals surface area contributed by atoms with Crippen LogP contribution in [0.1, 0.15) is 33.2 Å². The van der Waals surface area contributed by atoms with Crippen LogP contribution in [0.15, 0.2) is 48.5 Å². The zero-order valence-electron chi connectivity index (χ0n) is 15.2. The Morgan fingerprint density at radius 1 is 1.11 bits per heavy atom. The topological polar surface area (TPSA) is 105 Å². The van der Waals surface area contributed by atoms with E-state index in [2.05, 4.69) is 10.1 Å². The molecule has 0 aliphatic carbocycles. The van der Waals surface area contributed by atoms with Crippen molar-refractivity contribution in [1.29, 1.82) is 0 Å². The van der Waals surface area contributed by atoms with Gasteiger partial charge in [0.1, 0.15) is 18.8 Å². The fourth-order valence-electron chi connectivity index (χ4n) is 2.48. The van der Waals surface area contributed by atoms with Crippen molar-refractivity contribution < 1.29 is 29.3 Å². The van der Waals surface area contributed by atoms with Crippen LogP contribution in [-0.2, 0) is 16.1 Å². The zero-order valence-corrected chi connectivity index (χ0v) is 15.2. The number of aryl methyl sites for hydroxylation is 1. The summed E-state index contributed by atoms with van der Waals surface area (Å²) in [7, 11) is 1.26. The van der Waals surface area contributed by atoms with Crippen molar-refractivity contribution in [3.63, 3.8) is 0 Å². The van der Waals surface area contributed by atoms with Gasteiger partial charge in [0.05, 0.1) is 12.7 Å². The first kappa shape index (κ1) is 20.4. The maximum absolute atomic E-state index is 11.7. The van der Waals surface area contributed by atoms with Gasteiger partial charge in [-0.1, -0.05) is 36.4 Å². The zero-order chi connectivity index (χ0) is 19.8. The molecule has 27 heavy (non-hydrogen) atoms. The number of nitrogens with one attached hydrogen (secondary N) is 1. The largest absolute Gasteiger partial charge is 0.465 e. The predicted molar refractivity (Wildman–Crippen MR) is 98.1 cm³/mol. The van der Waals surface area contributed by atoms with E-state index in [4.69, 9.17) is 4.74 Å². The van der Waals surface area contributed by atoms with Crippen LogP contribution in [0.3, 0.4) is 0 Å². The number of hydrogen-bond acceptors (Lipinski definition) is 6. The second kappa shape index (κ2) is 9.70. The molecule has 2 atom stereocenters. The van der Waals surface area contributed by atoms with Gasteiger partial charge >= 0.3 is 12.1 Å². The maximum atomic E-state index is 11.7. The highest BCUT2D eigenvalue weighted by atomic mass is 16.5. The minimum Gasteiger partial charge on any atom is -0.465 e. The number of aliphatic hydroxyl groups is 2. The maximum Gasteiger partial charge on any atom is 0.407 e. The number of amides is 1. The van der Waals surface area contributed by atoms with Gasteiger partial charge in [-0.3, -0.25) is 0 Å². The molecule has 2 rings (SSSR count). The highest BCUT2D eigenvalue weighted by Crippen LogP contribution is 2.22. The molecule has 0 aliphatic rings. The average Bonchev–Trinajstić information content (AvgIpc) is 2.70. The molecule has 2 aromatic rings. The van der Waals surface area contributed by atoms with Gasteiger partial charge in [0.25, 0.3) is 0 Å². The first-order chi connectivity index (χ1) is 12.9. The highest BCUT2D eigenvalue weighted by Gasteiger charge is 2.22. The molecule has 7 nitrogen and oxygen atoms in total. The fraction of sp³-hybridized carbons (Fsp3) is 0.300. The predicted octanol–water partition coefficient (Wildman–Crippen LogP) is 2.10. The lowest BCUT2D eigenvalue weighted by Crippen LogP contribution is -2.36. The van der Waals surface area contributed by atoms with Gasteiger partial charge in [-0.25, -0.2) is 9.59 Å². The number of aliphatic hydroxyl groups excluding tert-OH is 2. The lowest BCUT2D eigenvalue weighted by Gasteiger charge is -2.20. The third kappa shape index (κ3) is 5.80. The Kier molecular flexibility index (Phi) is 7.34. The molecule has 0 aliphatic heterocycles. The summed E-state index contributed by atoms with van der Waals surface area (Å²) in [6, 6.07) is 13.9. The van der Waals surface area contributed by atoms with E-state index in [1.54, 1.807) is 19.1 Å². The van der Waals surface area contributed by atoms with E-state index in [1.807, 2.05) is 30.3 Å². The van der Waals surface area contributed by atoms with Crippen molar-refractivity contribution in [1.82, 2.24) is 5.32 Å². The Morgan fingerprint density at radius 3 is 2.48 bits per heavy atom. The van der Waals surface area contributed by atoms with Gasteiger partial charge in [-0.15, -0.1) is 0 Å². The van der Waals surface area contributed by atoms with Gasteiger partial charge in [-0.05, 0) is 35.7 Å². The smallest absolute Gasteiger partial charge is 0.407 e. The Morgan fingerprint density at radius 2 is 1.81 bits per heavy atom. The van der Waals surface area contributed by atoms with E-state index in [-0.39, 0.29) is 18.7 Å². The Balaban J connectivity index is 1.90. The summed E-state index contributed by atoms with van der Waals surface area (Å²) in [5.74, 6) is -0.541. The van der Waals surface area contributed by atoms with Gasteiger partial charge in [-0.2, -0.15) is 0 Å². The van der Waals surface area contributed by atoms with E-state index in [9.17, 15) is 19.8 Å². The molecule has 0 saturated heterocycles. The number of benzene rings is 2. The van der Waals surface area contributed by atoms with Gasteiger partial charge < -0.3 is 25.0 Å². The molecule has 2 aromatic carbocycles. The molecule has 0 aromatic heterocycles. The summed E-state index contributed by atoms with van der Waals surface area (Å²) in [5, 5.41) is 23.0. The molecule has 0 bridgehead atoms. The molecule has 0 fully saturated rings. The molecule has 144 valence electrons. The van der Waals surface area contributed by atoms with Gasteiger partial charge in [0.2, 0.25) is 0 Å². The molecule has 0 radical (unpaired) electrons. The number of ether oxygens (including phenoxy) is 2. The van der Waals surface area contributed by atoms with E-state index in [0.29, 0.717) is 11.1 Å². The molecule has 0 saturated carbocycles. The van der Waals surface area contributed by atoms with Crippen LogP contribution in [0.25, 0.3) is 0 Å². The number of carbonyl (C=O) groups excluding carboxylic acids is 2. The van der Waals surface area contributed by atoms with Crippen molar-refractivity contribution in [3.8, 4) is 0 Å². The molecule has 0 heterocycles. The average molecular weight is 373 g/mol. The Bertz CT molecular complexity index is 777. The quantitative estimate of drug-likeness (QED) is 0.642. The Hall–Kier alpha value is -2.90. The molecule has 2 unspecified atom stereocenters. The summed E-state index contributed by atoms with van der Waals surface area (Å²) >= 11 is 0. The van der Waals surface area contributed by atoms with E-state index in [1.165, 1.54) is 13.2 Å². The number of hydrogen-bond donors (Lipinski definition) is 3.